The van der Waals surface area contributed by atoms with E-state index in [1.807, 2.05) is 54.7 Å². The van der Waals surface area contributed by atoms with E-state index in [0.29, 0.717) is 25.7 Å². The fraction of sp³-hybridized carbons (Fsp3) is 0.625. The summed E-state index contributed by atoms with van der Waals surface area (Å²) < 4.78 is 47.7. The summed E-state index contributed by atoms with van der Waals surface area (Å²) in [5.41, 5.74) is 0. The molecule has 0 aliphatic rings. The lowest BCUT2D eigenvalue weighted by Crippen LogP contribution is -2.29. The van der Waals surface area contributed by atoms with E-state index in [1.54, 1.807) is 6.08 Å². The van der Waals surface area contributed by atoms with Gasteiger partial charge in [0.15, 0.2) is 6.10 Å². The van der Waals surface area contributed by atoms with Crippen LogP contribution in [-0.4, -0.2) is 81.6 Å². The number of hydrogen-bond acceptors (Lipinski definition) is 11. The first-order chi connectivity index (χ1) is 30.8. The number of carbonyl (C=O) groups excluding carboxylic acids is 2. The molecular formula is C48H80O14P2. The molecule has 14 nitrogen and oxygen atoms in total. The van der Waals surface area contributed by atoms with Crippen molar-refractivity contribution < 1.29 is 66.7 Å². The Morgan fingerprint density at radius 1 is 0.531 bits per heavy atom. The van der Waals surface area contributed by atoms with Crippen LogP contribution < -0.4 is 0 Å². The van der Waals surface area contributed by atoms with Crippen LogP contribution in [0, 0.1) is 0 Å². The predicted molar refractivity (Wildman–Crippen MR) is 254 cm³/mol. The average molecular weight is 943 g/mol. The molecule has 0 fully saturated rings. The summed E-state index contributed by atoms with van der Waals surface area (Å²) in [6.07, 6.45) is 47.4. The SMILES string of the molecule is CC/C=C\CC(O)/C=C/C=C/C/C=C\C/C=C\C/C=C\CCC(=O)O[C@H](COC(=O)CCCCCCCCC/C=C\C/C=C\CCCCC)COP(=O)(O)OC[C@@H](O)COP(=O)(O)O. The van der Waals surface area contributed by atoms with Crippen molar-refractivity contribution >= 4 is 27.6 Å². The molecule has 0 amide bonds. The van der Waals surface area contributed by atoms with Crippen LogP contribution in [0.1, 0.15) is 149 Å². The highest BCUT2D eigenvalue weighted by molar-refractivity contribution is 7.47. The standard InChI is InChI=1S/C48H80O14P2/c1-3-5-7-8-9-10-11-12-13-14-15-18-21-24-27-30-34-38-47(51)58-42-46(43-61-64(56,57)60-41-45(50)40-59-63(53,54)55)62-48(52)39-35-31-28-25-22-19-16-17-20-23-26-29-33-37-44(49)36-32-6-4-2/h6,9-10,12-13,17,19-20,22,26,28-29,31-33,37,44-46,49-50H,3-5,7-8,11,14-16,18,21,23-25,27,30,34-36,38-43H2,1-2H3,(H,56,57)(H2,53,54,55)/b10-9-,13-12-,20-17-,22-19-,29-26+,31-28-,32-6-,37-33+/t44?,45-,46+/m0/s1. The van der Waals surface area contributed by atoms with Crippen molar-refractivity contribution in [2.24, 2.45) is 0 Å². The van der Waals surface area contributed by atoms with Crippen molar-refractivity contribution in [3.8, 4) is 0 Å². The summed E-state index contributed by atoms with van der Waals surface area (Å²) in [4.78, 5) is 52.7. The lowest BCUT2D eigenvalue weighted by molar-refractivity contribution is -0.161. The summed E-state index contributed by atoms with van der Waals surface area (Å²) >= 11 is 0. The highest BCUT2D eigenvalue weighted by atomic mass is 31.2. The number of phosphoric acid groups is 2. The molecule has 0 aliphatic carbocycles. The third-order valence-corrected chi connectivity index (χ3v) is 10.5. The predicted octanol–water partition coefficient (Wildman–Crippen LogP) is 11.1. The zero-order chi connectivity index (χ0) is 47.4. The molecule has 0 saturated heterocycles. The zero-order valence-corrected chi connectivity index (χ0v) is 40.2. The number of allylic oxidation sites excluding steroid dienone is 14. The smallest absolute Gasteiger partial charge is 0.462 e. The quantitative estimate of drug-likeness (QED) is 0.0127. The Morgan fingerprint density at radius 2 is 1.06 bits per heavy atom. The molecule has 2 unspecified atom stereocenters. The number of carbonyl (C=O) groups is 2. The second kappa shape index (κ2) is 42.6. The van der Waals surface area contributed by atoms with Gasteiger partial charge in [0.2, 0.25) is 0 Å². The fourth-order valence-corrected chi connectivity index (χ4v) is 6.70. The van der Waals surface area contributed by atoms with Crippen LogP contribution in [0.4, 0.5) is 0 Å². The minimum absolute atomic E-state index is 0.0163. The summed E-state index contributed by atoms with van der Waals surface area (Å²) in [6.45, 7) is 1.42. The van der Waals surface area contributed by atoms with E-state index in [2.05, 4.69) is 59.4 Å². The third kappa shape index (κ3) is 45.6. The van der Waals surface area contributed by atoms with Crippen LogP contribution in [0.15, 0.2) is 97.2 Å². The van der Waals surface area contributed by atoms with Gasteiger partial charge in [-0.05, 0) is 77.0 Å². The number of esters is 2. The lowest BCUT2D eigenvalue weighted by Gasteiger charge is -2.20. The Balaban J connectivity index is 4.67. The minimum Gasteiger partial charge on any atom is -0.462 e. The van der Waals surface area contributed by atoms with E-state index in [4.69, 9.17) is 23.8 Å². The van der Waals surface area contributed by atoms with Gasteiger partial charge in [-0.15, -0.1) is 0 Å². The van der Waals surface area contributed by atoms with Gasteiger partial charge < -0.3 is 34.4 Å². The molecule has 16 heteroatoms. The number of rotatable bonds is 42. The highest BCUT2D eigenvalue weighted by Gasteiger charge is 2.28. The van der Waals surface area contributed by atoms with Crippen molar-refractivity contribution in [3.05, 3.63) is 97.2 Å². The van der Waals surface area contributed by atoms with Crippen LogP contribution in [0.25, 0.3) is 0 Å². The Morgan fingerprint density at radius 3 is 1.67 bits per heavy atom. The molecule has 64 heavy (non-hydrogen) atoms. The first-order valence-corrected chi connectivity index (χ1v) is 26.1. The van der Waals surface area contributed by atoms with E-state index >= 15 is 0 Å². The van der Waals surface area contributed by atoms with Gasteiger partial charge in [0.25, 0.3) is 0 Å². The van der Waals surface area contributed by atoms with Crippen LogP contribution in [0.5, 0.6) is 0 Å². The molecule has 0 radical (unpaired) electrons. The second-order valence-corrected chi connectivity index (χ2v) is 17.8. The molecule has 0 rings (SSSR count). The van der Waals surface area contributed by atoms with Crippen molar-refractivity contribution in [1.29, 1.82) is 0 Å². The van der Waals surface area contributed by atoms with Crippen LogP contribution in [0.3, 0.4) is 0 Å². The van der Waals surface area contributed by atoms with Gasteiger partial charge in [-0.25, -0.2) is 9.13 Å². The molecule has 0 bridgehead atoms. The van der Waals surface area contributed by atoms with Gasteiger partial charge >= 0.3 is 27.6 Å². The summed E-state index contributed by atoms with van der Waals surface area (Å²) in [5.74, 6) is -1.17. The van der Waals surface area contributed by atoms with Gasteiger partial charge in [0, 0.05) is 12.8 Å². The number of aliphatic hydroxyl groups excluding tert-OH is 2. The summed E-state index contributed by atoms with van der Waals surface area (Å²) in [6, 6.07) is 0. The van der Waals surface area contributed by atoms with Crippen molar-refractivity contribution in [2.75, 3.05) is 26.4 Å². The Labute approximate surface area is 383 Å². The lowest BCUT2D eigenvalue weighted by atomic mass is 10.1. The maximum atomic E-state index is 12.7. The second-order valence-electron chi connectivity index (χ2n) is 15.1. The molecule has 0 saturated carbocycles. The fourth-order valence-electron chi connectivity index (χ4n) is 5.55. The molecule has 0 aromatic heterocycles. The topological polar surface area (TPSA) is 216 Å². The Bertz CT molecular complexity index is 1510. The van der Waals surface area contributed by atoms with Gasteiger partial charge in [0.1, 0.15) is 12.7 Å². The van der Waals surface area contributed by atoms with E-state index in [1.165, 1.54) is 19.3 Å². The maximum absolute atomic E-state index is 12.7. The molecule has 0 heterocycles. The van der Waals surface area contributed by atoms with E-state index in [0.717, 1.165) is 77.0 Å². The van der Waals surface area contributed by atoms with Gasteiger partial charge in [-0.1, -0.05) is 156 Å². The number of ether oxygens (including phenoxy) is 2. The van der Waals surface area contributed by atoms with E-state index < -0.39 is 72.3 Å². The van der Waals surface area contributed by atoms with Crippen LogP contribution in [-0.2, 0) is 41.8 Å². The first-order valence-electron chi connectivity index (χ1n) is 23.0. The minimum atomic E-state index is -4.88. The summed E-state index contributed by atoms with van der Waals surface area (Å²) in [7, 11) is -9.73. The number of hydrogen-bond donors (Lipinski definition) is 5. The van der Waals surface area contributed by atoms with Gasteiger partial charge in [-0.3, -0.25) is 23.2 Å². The van der Waals surface area contributed by atoms with E-state index in [9.17, 15) is 33.8 Å². The largest absolute Gasteiger partial charge is 0.472 e. The summed E-state index contributed by atoms with van der Waals surface area (Å²) in [5, 5.41) is 19.6. The van der Waals surface area contributed by atoms with Crippen molar-refractivity contribution in [2.45, 2.75) is 167 Å². The molecular weight excluding hydrogens is 862 g/mol. The Kier molecular flexibility index (Phi) is 40.6. The molecule has 0 aliphatic heterocycles. The number of aliphatic hydroxyl groups is 2. The van der Waals surface area contributed by atoms with Crippen LogP contribution in [0.2, 0.25) is 0 Å². The Hall–Kier alpha value is -3.00. The zero-order valence-electron chi connectivity index (χ0n) is 38.5. The van der Waals surface area contributed by atoms with Crippen molar-refractivity contribution in [1.82, 2.24) is 0 Å². The number of phosphoric ester groups is 2. The maximum Gasteiger partial charge on any atom is 0.472 e. The molecule has 4 atom stereocenters. The first kappa shape index (κ1) is 61.0. The van der Waals surface area contributed by atoms with Gasteiger partial charge in [-0.2, -0.15) is 0 Å². The van der Waals surface area contributed by atoms with Crippen LogP contribution >= 0.6 is 15.6 Å². The molecule has 0 aromatic rings. The highest BCUT2D eigenvalue weighted by Crippen LogP contribution is 2.43. The van der Waals surface area contributed by atoms with E-state index in [-0.39, 0.29) is 12.8 Å². The molecule has 366 valence electrons. The molecule has 0 aromatic carbocycles. The third-order valence-electron chi connectivity index (χ3n) is 9.04. The molecule has 5 N–H and O–H groups in total. The molecule has 0 spiro atoms. The normalized spacial score (nSPS) is 15.3. The van der Waals surface area contributed by atoms with Gasteiger partial charge in [0.05, 0.1) is 25.9 Å². The number of unbranched alkanes of at least 4 members (excludes halogenated alkanes) is 10. The van der Waals surface area contributed by atoms with Crippen molar-refractivity contribution in [3.63, 3.8) is 0 Å². The monoisotopic (exact) mass is 943 g/mol. The average Bonchev–Trinajstić information content (AvgIpc) is 3.25.